The van der Waals surface area contributed by atoms with Crippen molar-refractivity contribution in [1.29, 1.82) is 0 Å². The fraction of sp³-hybridized carbons (Fsp3) is 0.412. The molecule has 1 aromatic carbocycles. The second kappa shape index (κ2) is 5.61. The minimum Gasteiger partial charge on any atom is -0.352 e. The van der Waals surface area contributed by atoms with E-state index in [1.54, 1.807) is 4.68 Å². The number of tetrazole rings is 1. The average molecular weight is 309 g/mol. The zero-order valence-electron chi connectivity index (χ0n) is 13.0. The topological polar surface area (TPSA) is 72.7 Å². The van der Waals surface area contributed by atoms with Gasteiger partial charge < -0.3 is 5.32 Å². The molecule has 118 valence electrons. The largest absolute Gasteiger partial charge is 0.352 e. The van der Waals surface area contributed by atoms with Gasteiger partial charge in [-0.2, -0.15) is 0 Å². The number of allylic oxidation sites excluding steroid dienone is 2. The monoisotopic (exact) mass is 309 g/mol. The average Bonchev–Trinajstić information content (AvgIpc) is 3.30. The van der Waals surface area contributed by atoms with Gasteiger partial charge in [-0.05, 0) is 65.6 Å². The Kier molecular flexibility index (Phi) is 3.44. The van der Waals surface area contributed by atoms with Crippen LogP contribution in [0.25, 0.3) is 5.69 Å². The number of nitrogens with one attached hydrogen (secondary N) is 1. The molecule has 2 aromatic rings. The third kappa shape index (κ3) is 2.65. The van der Waals surface area contributed by atoms with Crippen LogP contribution in [-0.2, 0) is 0 Å². The summed E-state index contributed by atoms with van der Waals surface area (Å²) in [6.07, 6.45) is 8.62. The minimum absolute atomic E-state index is 0.0360. The number of amides is 1. The van der Waals surface area contributed by atoms with Crippen LogP contribution in [-0.4, -0.2) is 32.7 Å². The lowest BCUT2D eigenvalue weighted by molar-refractivity contribution is 0.0945. The number of benzene rings is 1. The van der Waals surface area contributed by atoms with Crippen molar-refractivity contribution in [3.63, 3.8) is 0 Å². The molecule has 1 N–H and O–H groups in total. The standard InChI is InChI=1S/C17H19N5O/c1-11-2-4-14(8-16(11)22-10-19-20-21-22)17(23)18-9-15-7-12-3-5-13(15)6-12/h2-5,8,10,12-13,15H,6-7,9H2,1H3,(H,18,23)/t12-,13-,15+/m1/s1. The van der Waals surface area contributed by atoms with Gasteiger partial charge in [0.2, 0.25) is 0 Å². The van der Waals surface area contributed by atoms with Crippen LogP contribution in [0, 0.1) is 24.7 Å². The number of nitrogens with zero attached hydrogens (tertiary/aromatic N) is 4. The third-order valence-corrected chi connectivity index (χ3v) is 5.01. The van der Waals surface area contributed by atoms with Crippen molar-refractivity contribution in [2.24, 2.45) is 17.8 Å². The van der Waals surface area contributed by atoms with Crippen LogP contribution in [0.2, 0.25) is 0 Å². The summed E-state index contributed by atoms with van der Waals surface area (Å²) >= 11 is 0. The number of hydrogen-bond acceptors (Lipinski definition) is 4. The van der Waals surface area contributed by atoms with Crippen molar-refractivity contribution in [3.05, 3.63) is 47.8 Å². The van der Waals surface area contributed by atoms with E-state index in [4.69, 9.17) is 0 Å². The summed E-state index contributed by atoms with van der Waals surface area (Å²) in [5.74, 6) is 1.92. The predicted molar refractivity (Wildman–Crippen MR) is 85.1 cm³/mol. The molecule has 0 spiro atoms. The van der Waals surface area contributed by atoms with Crippen molar-refractivity contribution in [2.75, 3.05) is 6.54 Å². The Bertz CT molecular complexity index is 752. The molecular weight excluding hydrogens is 290 g/mol. The summed E-state index contributed by atoms with van der Waals surface area (Å²) < 4.78 is 1.58. The molecule has 23 heavy (non-hydrogen) atoms. The van der Waals surface area contributed by atoms with E-state index in [1.165, 1.54) is 19.2 Å². The highest BCUT2D eigenvalue weighted by Crippen LogP contribution is 2.42. The molecule has 0 saturated heterocycles. The van der Waals surface area contributed by atoms with Crippen LogP contribution in [0.1, 0.15) is 28.8 Å². The highest BCUT2D eigenvalue weighted by atomic mass is 16.1. The quantitative estimate of drug-likeness (QED) is 0.876. The fourth-order valence-electron chi connectivity index (χ4n) is 3.72. The molecule has 1 saturated carbocycles. The van der Waals surface area contributed by atoms with Crippen LogP contribution in [0.15, 0.2) is 36.7 Å². The van der Waals surface area contributed by atoms with Gasteiger partial charge in [-0.25, -0.2) is 4.68 Å². The van der Waals surface area contributed by atoms with Gasteiger partial charge in [0.05, 0.1) is 5.69 Å². The first-order valence-electron chi connectivity index (χ1n) is 8.01. The van der Waals surface area contributed by atoms with Crippen molar-refractivity contribution >= 4 is 5.91 Å². The number of aryl methyl sites for hydroxylation is 1. The Morgan fingerprint density at radius 1 is 1.35 bits per heavy atom. The lowest BCUT2D eigenvalue weighted by Gasteiger charge is -2.18. The van der Waals surface area contributed by atoms with Crippen molar-refractivity contribution in [3.8, 4) is 5.69 Å². The summed E-state index contributed by atoms with van der Waals surface area (Å²) in [6.45, 7) is 2.72. The number of carbonyl (C=O) groups is 1. The van der Waals surface area contributed by atoms with E-state index >= 15 is 0 Å². The maximum Gasteiger partial charge on any atom is 0.251 e. The van der Waals surface area contributed by atoms with Crippen molar-refractivity contribution in [1.82, 2.24) is 25.5 Å². The molecule has 1 fully saturated rings. The smallest absolute Gasteiger partial charge is 0.251 e. The van der Waals surface area contributed by atoms with Crippen LogP contribution in [0.3, 0.4) is 0 Å². The lowest BCUT2D eigenvalue weighted by Crippen LogP contribution is -2.31. The SMILES string of the molecule is Cc1ccc(C(=O)NC[C@@H]2C[C@@H]3C=C[C@@H]2C3)cc1-n1cnnn1. The Morgan fingerprint density at radius 2 is 2.26 bits per heavy atom. The summed E-state index contributed by atoms with van der Waals surface area (Å²) in [4.78, 5) is 12.5. The van der Waals surface area contributed by atoms with Gasteiger partial charge in [-0.1, -0.05) is 18.2 Å². The Morgan fingerprint density at radius 3 is 2.96 bits per heavy atom. The lowest BCUT2D eigenvalue weighted by atomic mass is 9.93. The molecule has 1 heterocycles. The Labute approximate surface area is 134 Å². The molecule has 2 bridgehead atoms. The van der Waals surface area contributed by atoms with Crippen molar-refractivity contribution in [2.45, 2.75) is 19.8 Å². The molecule has 1 aromatic heterocycles. The number of carbonyl (C=O) groups excluding carboxylic acids is 1. The summed E-state index contributed by atoms with van der Waals surface area (Å²) in [5.41, 5.74) is 2.48. The maximum atomic E-state index is 12.5. The molecule has 0 radical (unpaired) electrons. The molecule has 0 unspecified atom stereocenters. The molecule has 2 aliphatic carbocycles. The Hall–Kier alpha value is -2.50. The highest BCUT2D eigenvalue weighted by molar-refractivity contribution is 5.94. The molecule has 6 heteroatoms. The van der Waals surface area contributed by atoms with Crippen molar-refractivity contribution < 1.29 is 4.79 Å². The summed E-state index contributed by atoms with van der Waals surface area (Å²) in [6, 6.07) is 5.60. The van der Waals surface area contributed by atoms with Gasteiger partial charge in [0.15, 0.2) is 0 Å². The normalized spacial score (nSPS) is 25.0. The third-order valence-electron chi connectivity index (χ3n) is 5.01. The second-order valence-corrected chi connectivity index (χ2v) is 6.51. The van der Waals surface area contributed by atoms with Gasteiger partial charge in [0.25, 0.3) is 5.91 Å². The molecule has 4 rings (SSSR count). The molecule has 1 amide bonds. The first-order valence-corrected chi connectivity index (χ1v) is 8.01. The maximum absolute atomic E-state index is 12.5. The Balaban J connectivity index is 1.46. The van der Waals surface area contributed by atoms with E-state index in [0.29, 0.717) is 17.4 Å². The van der Waals surface area contributed by atoms with E-state index < -0.39 is 0 Å². The zero-order chi connectivity index (χ0) is 15.8. The van der Waals surface area contributed by atoms with Gasteiger partial charge in [0.1, 0.15) is 6.33 Å². The van der Waals surface area contributed by atoms with E-state index in [2.05, 4.69) is 33.0 Å². The summed E-state index contributed by atoms with van der Waals surface area (Å²) in [5, 5.41) is 14.3. The van der Waals surface area contributed by atoms with E-state index in [9.17, 15) is 4.79 Å². The number of hydrogen-bond donors (Lipinski definition) is 1. The molecule has 3 atom stereocenters. The van der Waals surface area contributed by atoms with Crippen LogP contribution < -0.4 is 5.32 Å². The first kappa shape index (κ1) is 14.1. The van der Waals surface area contributed by atoms with E-state index in [0.717, 1.165) is 23.7 Å². The molecular formula is C17H19N5O. The summed E-state index contributed by atoms with van der Waals surface area (Å²) in [7, 11) is 0. The molecule has 2 aliphatic rings. The van der Waals surface area contributed by atoms with Gasteiger partial charge in [-0.15, -0.1) is 5.10 Å². The molecule has 0 aliphatic heterocycles. The first-order chi connectivity index (χ1) is 11.2. The van der Waals surface area contributed by atoms with Crippen LogP contribution in [0.4, 0.5) is 0 Å². The minimum atomic E-state index is -0.0360. The van der Waals surface area contributed by atoms with Crippen LogP contribution >= 0.6 is 0 Å². The number of rotatable bonds is 4. The van der Waals surface area contributed by atoms with Gasteiger partial charge >= 0.3 is 0 Å². The number of fused-ring (bicyclic) bond motifs is 2. The van der Waals surface area contributed by atoms with E-state index in [1.807, 2.05) is 25.1 Å². The zero-order valence-corrected chi connectivity index (χ0v) is 13.0. The molecule has 6 nitrogen and oxygen atoms in total. The van der Waals surface area contributed by atoms with E-state index in [-0.39, 0.29) is 5.91 Å². The number of aromatic nitrogens is 4. The van der Waals surface area contributed by atoms with Gasteiger partial charge in [0, 0.05) is 12.1 Å². The van der Waals surface area contributed by atoms with Gasteiger partial charge in [-0.3, -0.25) is 4.79 Å². The van der Waals surface area contributed by atoms with Crippen LogP contribution in [0.5, 0.6) is 0 Å². The highest BCUT2D eigenvalue weighted by Gasteiger charge is 2.35. The fourth-order valence-corrected chi connectivity index (χ4v) is 3.72. The predicted octanol–water partition coefficient (Wildman–Crippen LogP) is 1.91. The second-order valence-electron chi connectivity index (χ2n) is 6.51.